The first-order chi connectivity index (χ1) is 13.9. The molecule has 7 nitrogen and oxygen atoms in total. The number of rotatable bonds is 6. The van der Waals surface area contributed by atoms with Crippen molar-refractivity contribution in [3.05, 3.63) is 69.2 Å². The molecule has 3 rings (SSSR count). The Hall–Kier alpha value is -2.90. The lowest BCUT2D eigenvalue weighted by molar-refractivity contribution is 0.183. The highest BCUT2D eigenvalue weighted by Crippen LogP contribution is 2.20. The molecular formula is C21H23ClN4O3. The molecule has 0 unspecified atom stereocenters. The zero-order chi connectivity index (χ0) is 21.0. The molecule has 3 aromatic rings. The number of amides is 2. The summed E-state index contributed by atoms with van der Waals surface area (Å²) in [6.07, 6.45) is 0. The molecule has 1 heterocycles. The predicted molar refractivity (Wildman–Crippen MR) is 115 cm³/mol. The molecule has 0 fully saturated rings. The van der Waals surface area contributed by atoms with Crippen molar-refractivity contribution >= 4 is 34.2 Å². The third-order valence-corrected chi connectivity index (χ3v) is 4.86. The predicted octanol–water partition coefficient (Wildman–Crippen LogP) is 3.67. The number of hydrogen-bond acceptors (Lipinski definition) is 4. The molecule has 0 saturated carbocycles. The van der Waals surface area contributed by atoms with Crippen molar-refractivity contribution in [2.75, 3.05) is 26.1 Å². The van der Waals surface area contributed by atoms with Crippen molar-refractivity contribution < 1.29 is 9.53 Å². The number of urea groups is 1. The molecule has 1 N–H and O–H groups in total. The summed E-state index contributed by atoms with van der Waals surface area (Å²) in [5.41, 5.74) is 1.98. The van der Waals surface area contributed by atoms with E-state index in [2.05, 4.69) is 10.3 Å². The van der Waals surface area contributed by atoms with Gasteiger partial charge in [-0.25, -0.2) is 9.78 Å². The van der Waals surface area contributed by atoms with Gasteiger partial charge in [-0.15, -0.1) is 0 Å². The molecule has 8 heteroatoms. The van der Waals surface area contributed by atoms with Crippen LogP contribution in [0.2, 0.25) is 5.02 Å². The molecule has 2 amide bonds. The van der Waals surface area contributed by atoms with Crippen molar-refractivity contribution in [1.82, 2.24) is 14.5 Å². The molecule has 0 radical (unpaired) electrons. The van der Waals surface area contributed by atoms with E-state index < -0.39 is 0 Å². The minimum atomic E-state index is -0.323. The van der Waals surface area contributed by atoms with Gasteiger partial charge in [-0.1, -0.05) is 29.8 Å². The Bertz CT molecular complexity index is 1100. The van der Waals surface area contributed by atoms with Crippen LogP contribution in [0.15, 0.2) is 47.3 Å². The molecule has 0 saturated heterocycles. The van der Waals surface area contributed by atoms with Crippen LogP contribution in [0.4, 0.5) is 10.5 Å². The molecule has 0 aliphatic rings. The number of methoxy groups -OCH3 is 1. The summed E-state index contributed by atoms with van der Waals surface area (Å²) in [6, 6.07) is 12.2. The second-order valence-corrected chi connectivity index (χ2v) is 7.18. The van der Waals surface area contributed by atoms with E-state index in [-0.39, 0.29) is 18.1 Å². The van der Waals surface area contributed by atoms with Gasteiger partial charge in [0, 0.05) is 24.9 Å². The van der Waals surface area contributed by atoms with E-state index in [0.29, 0.717) is 40.6 Å². The number of nitrogens with one attached hydrogen (secondary N) is 1. The Kier molecular flexibility index (Phi) is 6.51. The monoisotopic (exact) mass is 414 g/mol. The summed E-state index contributed by atoms with van der Waals surface area (Å²) in [5.74, 6) is 0.492. The molecule has 29 heavy (non-hydrogen) atoms. The maximum absolute atomic E-state index is 12.9. The summed E-state index contributed by atoms with van der Waals surface area (Å²) >= 11 is 6.03. The first-order valence-electron chi connectivity index (χ1n) is 9.16. The van der Waals surface area contributed by atoms with Gasteiger partial charge in [0.2, 0.25) is 0 Å². The van der Waals surface area contributed by atoms with Crippen molar-refractivity contribution in [3.8, 4) is 0 Å². The minimum Gasteiger partial charge on any atom is -0.383 e. The third-order valence-electron chi connectivity index (χ3n) is 4.63. The number of fused-ring (bicyclic) bond motifs is 1. The average Bonchev–Trinajstić information content (AvgIpc) is 2.70. The van der Waals surface area contributed by atoms with E-state index in [4.69, 9.17) is 16.3 Å². The molecule has 152 valence electrons. The van der Waals surface area contributed by atoms with Crippen molar-refractivity contribution in [3.63, 3.8) is 0 Å². The molecule has 0 bridgehead atoms. The van der Waals surface area contributed by atoms with Crippen LogP contribution in [0, 0.1) is 6.92 Å². The second-order valence-electron chi connectivity index (χ2n) is 6.74. The summed E-state index contributed by atoms with van der Waals surface area (Å²) in [5, 5.41) is 3.92. The molecule has 0 spiro atoms. The van der Waals surface area contributed by atoms with E-state index in [1.807, 2.05) is 19.1 Å². The van der Waals surface area contributed by atoms with Gasteiger partial charge < -0.3 is 15.0 Å². The highest BCUT2D eigenvalue weighted by Gasteiger charge is 2.16. The van der Waals surface area contributed by atoms with Gasteiger partial charge in [0.1, 0.15) is 5.82 Å². The van der Waals surface area contributed by atoms with Gasteiger partial charge in [-0.2, -0.15) is 0 Å². The smallest absolute Gasteiger partial charge is 0.321 e. The van der Waals surface area contributed by atoms with Gasteiger partial charge in [0.25, 0.3) is 5.56 Å². The Morgan fingerprint density at radius 1 is 1.28 bits per heavy atom. The fourth-order valence-corrected chi connectivity index (χ4v) is 3.14. The van der Waals surface area contributed by atoms with Crippen LogP contribution in [0.3, 0.4) is 0 Å². The standard InChI is InChI=1S/C21H23ClN4O3/c1-14-8-9-15(22)12-18(14)24-21(28)25(2)13-19-23-17-7-5-4-6-16(17)20(27)26(19)10-11-29-3/h4-9,12H,10-11,13H2,1-3H3,(H,24,28). The van der Waals surface area contributed by atoms with E-state index >= 15 is 0 Å². The lowest BCUT2D eigenvalue weighted by Gasteiger charge is -2.21. The average molecular weight is 415 g/mol. The SMILES string of the molecule is COCCn1c(CN(C)C(=O)Nc2cc(Cl)ccc2C)nc2ccccc2c1=O. The fourth-order valence-electron chi connectivity index (χ4n) is 2.97. The van der Waals surface area contributed by atoms with Crippen LogP contribution in [0.25, 0.3) is 10.9 Å². The van der Waals surface area contributed by atoms with E-state index in [1.54, 1.807) is 49.1 Å². The van der Waals surface area contributed by atoms with Crippen molar-refractivity contribution in [2.24, 2.45) is 0 Å². The van der Waals surface area contributed by atoms with E-state index in [1.165, 1.54) is 4.90 Å². The van der Waals surface area contributed by atoms with Gasteiger partial charge in [-0.05, 0) is 36.8 Å². The van der Waals surface area contributed by atoms with Crippen LogP contribution in [-0.4, -0.2) is 41.2 Å². The number of aryl methyl sites for hydroxylation is 1. The highest BCUT2D eigenvalue weighted by molar-refractivity contribution is 6.31. The van der Waals surface area contributed by atoms with E-state index in [9.17, 15) is 9.59 Å². The van der Waals surface area contributed by atoms with Crippen LogP contribution < -0.4 is 10.9 Å². The molecule has 0 atom stereocenters. The molecule has 2 aromatic carbocycles. The number of nitrogens with zero attached hydrogens (tertiary/aromatic N) is 3. The fraction of sp³-hybridized carbons (Fsp3) is 0.286. The number of para-hydroxylation sites is 1. The van der Waals surface area contributed by atoms with Gasteiger partial charge >= 0.3 is 6.03 Å². The lowest BCUT2D eigenvalue weighted by atomic mass is 10.2. The van der Waals surface area contributed by atoms with Gasteiger partial charge in [0.05, 0.1) is 30.6 Å². The van der Waals surface area contributed by atoms with E-state index in [0.717, 1.165) is 5.56 Å². The Morgan fingerprint density at radius 3 is 2.79 bits per heavy atom. The van der Waals surface area contributed by atoms with Crippen molar-refractivity contribution in [1.29, 1.82) is 0 Å². The minimum absolute atomic E-state index is 0.151. The Labute approximate surface area is 173 Å². The molecule has 1 aromatic heterocycles. The second kappa shape index (κ2) is 9.07. The highest BCUT2D eigenvalue weighted by atomic mass is 35.5. The number of halogens is 1. The zero-order valence-electron chi connectivity index (χ0n) is 16.6. The largest absolute Gasteiger partial charge is 0.383 e. The number of hydrogen-bond donors (Lipinski definition) is 1. The summed E-state index contributed by atoms with van der Waals surface area (Å²) in [7, 11) is 3.23. The number of carbonyl (C=O) groups excluding carboxylic acids is 1. The lowest BCUT2D eigenvalue weighted by Crippen LogP contribution is -2.35. The zero-order valence-corrected chi connectivity index (χ0v) is 17.4. The molecule has 0 aliphatic carbocycles. The van der Waals surface area contributed by atoms with Crippen LogP contribution in [0.1, 0.15) is 11.4 Å². The van der Waals surface area contributed by atoms with Crippen LogP contribution in [-0.2, 0) is 17.8 Å². The van der Waals surface area contributed by atoms with Crippen molar-refractivity contribution in [2.45, 2.75) is 20.0 Å². The summed E-state index contributed by atoms with van der Waals surface area (Å²) in [4.78, 5) is 31.7. The van der Waals surface area contributed by atoms with Gasteiger partial charge in [-0.3, -0.25) is 9.36 Å². The first kappa shape index (κ1) is 20.8. The summed E-state index contributed by atoms with van der Waals surface area (Å²) in [6.45, 7) is 2.77. The first-order valence-corrected chi connectivity index (χ1v) is 9.54. The maximum atomic E-state index is 12.9. The maximum Gasteiger partial charge on any atom is 0.321 e. The number of benzene rings is 2. The Balaban J connectivity index is 1.88. The number of ether oxygens (including phenoxy) is 1. The summed E-state index contributed by atoms with van der Waals surface area (Å²) < 4.78 is 6.69. The quantitative estimate of drug-likeness (QED) is 0.667. The normalized spacial score (nSPS) is 10.9. The van der Waals surface area contributed by atoms with Gasteiger partial charge in [0.15, 0.2) is 0 Å². The topological polar surface area (TPSA) is 76.5 Å². The number of anilines is 1. The third kappa shape index (κ3) is 4.75. The molecule has 0 aliphatic heterocycles. The van der Waals surface area contributed by atoms with Crippen LogP contribution in [0.5, 0.6) is 0 Å². The van der Waals surface area contributed by atoms with Crippen LogP contribution >= 0.6 is 11.6 Å². The number of aromatic nitrogens is 2. The Morgan fingerprint density at radius 2 is 2.03 bits per heavy atom. The molecular weight excluding hydrogens is 392 g/mol. The number of carbonyl (C=O) groups is 1.